The Balaban J connectivity index is 2.55. The number of H-pyrrole nitrogens is 1. The van der Waals surface area contributed by atoms with Gasteiger partial charge in [-0.25, -0.2) is 4.79 Å². The van der Waals surface area contributed by atoms with Gasteiger partial charge in [-0.1, -0.05) is 11.6 Å². The molecule has 0 aliphatic heterocycles. The molecule has 0 aromatic carbocycles. The first-order valence-electron chi connectivity index (χ1n) is 6.05. The predicted molar refractivity (Wildman–Crippen MR) is 74.7 cm³/mol. The molecular formula is C11H12ClN5O4. The maximum Gasteiger partial charge on any atom is 0.350 e. The van der Waals surface area contributed by atoms with Crippen LogP contribution in [0.3, 0.4) is 0 Å². The minimum Gasteiger partial charge on any atom is -0.288 e. The van der Waals surface area contributed by atoms with Crippen molar-refractivity contribution < 1.29 is 4.92 Å². The minimum absolute atomic E-state index is 0.0238. The molecule has 0 aliphatic rings. The average molecular weight is 314 g/mol. The molecule has 0 aliphatic carbocycles. The highest BCUT2D eigenvalue weighted by atomic mass is 35.5. The van der Waals surface area contributed by atoms with Crippen LogP contribution >= 0.6 is 11.6 Å². The van der Waals surface area contributed by atoms with Gasteiger partial charge in [0.25, 0.3) is 0 Å². The van der Waals surface area contributed by atoms with Gasteiger partial charge in [0.1, 0.15) is 0 Å². The Labute approximate surface area is 122 Å². The molecule has 0 fully saturated rings. The van der Waals surface area contributed by atoms with Crippen molar-refractivity contribution in [3.63, 3.8) is 0 Å². The molecule has 0 radical (unpaired) electrons. The summed E-state index contributed by atoms with van der Waals surface area (Å²) in [6, 6.07) is 0. The van der Waals surface area contributed by atoms with Crippen molar-refractivity contribution in [2.24, 2.45) is 0 Å². The van der Waals surface area contributed by atoms with Gasteiger partial charge < -0.3 is 0 Å². The quantitative estimate of drug-likeness (QED) is 0.658. The second-order valence-electron chi connectivity index (χ2n) is 4.32. The molecule has 2 aromatic rings. The van der Waals surface area contributed by atoms with Crippen LogP contribution in [0, 0.1) is 17.0 Å². The van der Waals surface area contributed by atoms with E-state index in [4.69, 9.17) is 11.6 Å². The third-order valence-electron chi connectivity index (χ3n) is 2.96. The van der Waals surface area contributed by atoms with Crippen LogP contribution in [0.2, 0.25) is 5.02 Å². The lowest BCUT2D eigenvalue weighted by atomic mass is 10.3. The number of nitrogens with one attached hydrogen (secondary N) is 1. The molecule has 0 unspecified atom stereocenters. The number of aryl methyl sites for hydroxylation is 2. The van der Waals surface area contributed by atoms with Gasteiger partial charge in [0.2, 0.25) is 0 Å². The van der Waals surface area contributed by atoms with E-state index >= 15 is 0 Å². The highest BCUT2D eigenvalue weighted by Crippen LogP contribution is 2.20. The van der Waals surface area contributed by atoms with Crippen LogP contribution < -0.4 is 11.2 Å². The summed E-state index contributed by atoms with van der Waals surface area (Å²) in [5.41, 5.74) is -1.35. The third kappa shape index (κ3) is 2.72. The van der Waals surface area contributed by atoms with Crippen molar-refractivity contribution in [2.75, 3.05) is 0 Å². The standard InChI is InChI=1S/C11H12ClN5O4/c1-3-16-7(9(12)6(2)14-16)4-15-5-8(17(20)21)10(18)13-11(15)19/h5H,3-4H2,1-2H3,(H,13,18,19). The monoisotopic (exact) mass is 313 g/mol. The second-order valence-corrected chi connectivity index (χ2v) is 4.70. The van der Waals surface area contributed by atoms with Gasteiger partial charge in [0, 0.05) is 6.54 Å². The zero-order chi connectivity index (χ0) is 15.7. The molecule has 0 atom stereocenters. The summed E-state index contributed by atoms with van der Waals surface area (Å²) < 4.78 is 2.62. The number of aromatic nitrogens is 4. The first-order valence-corrected chi connectivity index (χ1v) is 6.42. The molecule has 0 spiro atoms. The molecule has 0 saturated heterocycles. The summed E-state index contributed by atoms with van der Waals surface area (Å²) in [5, 5.41) is 15.3. The van der Waals surface area contributed by atoms with E-state index < -0.39 is 21.9 Å². The maximum absolute atomic E-state index is 11.7. The largest absolute Gasteiger partial charge is 0.350 e. The lowest BCUT2D eigenvalue weighted by Crippen LogP contribution is -2.31. The van der Waals surface area contributed by atoms with Gasteiger partial charge in [-0.3, -0.25) is 29.1 Å². The van der Waals surface area contributed by atoms with Crippen LogP contribution in [0.5, 0.6) is 0 Å². The molecule has 1 N–H and O–H groups in total. The molecule has 0 amide bonds. The molecule has 2 rings (SSSR count). The third-order valence-corrected chi connectivity index (χ3v) is 3.45. The fourth-order valence-electron chi connectivity index (χ4n) is 1.93. The summed E-state index contributed by atoms with van der Waals surface area (Å²) >= 11 is 6.12. The van der Waals surface area contributed by atoms with Crippen molar-refractivity contribution in [1.82, 2.24) is 19.3 Å². The molecule has 2 aromatic heterocycles. The van der Waals surface area contributed by atoms with E-state index in [9.17, 15) is 19.7 Å². The van der Waals surface area contributed by atoms with E-state index in [1.54, 1.807) is 11.6 Å². The van der Waals surface area contributed by atoms with Gasteiger partial charge >= 0.3 is 16.9 Å². The zero-order valence-corrected chi connectivity index (χ0v) is 12.0. The molecule has 0 bridgehead atoms. The van der Waals surface area contributed by atoms with Crippen LogP contribution in [0.4, 0.5) is 5.69 Å². The lowest BCUT2D eigenvalue weighted by Gasteiger charge is -2.07. The summed E-state index contributed by atoms with van der Waals surface area (Å²) in [7, 11) is 0. The average Bonchev–Trinajstić information content (AvgIpc) is 2.68. The smallest absolute Gasteiger partial charge is 0.288 e. The summed E-state index contributed by atoms with van der Waals surface area (Å²) in [5.74, 6) is 0. The van der Waals surface area contributed by atoms with Gasteiger partial charge in [-0.15, -0.1) is 0 Å². The molecular weight excluding hydrogens is 302 g/mol. The fraction of sp³-hybridized carbons (Fsp3) is 0.364. The van der Waals surface area contributed by atoms with Crippen molar-refractivity contribution >= 4 is 17.3 Å². The maximum atomic E-state index is 11.7. The Morgan fingerprint density at radius 1 is 1.48 bits per heavy atom. The lowest BCUT2D eigenvalue weighted by molar-refractivity contribution is -0.386. The molecule has 0 saturated carbocycles. The van der Waals surface area contributed by atoms with E-state index in [0.717, 1.165) is 10.8 Å². The number of halogens is 1. The molecule has 112 valence electrons. The first-order chi connectivity index (χ1) is 9.85. The van der Waals surface area contributed by atoms with Crippen LogP contribution in [-0.2, 0) is 13.1 Å². The molecule has 10 heteroatoms. The minimum atomic E-state index is -1.03. The van der Waals surface area contributed by atoms with Gasteiger partial charge in [-0.05, 0) is 13.8 Å². The van der Waals surface area contributed by atoms with E-state index in [1.165, 1.54) is 0 Å². The van der Waals surface area contributed by atoms with Gasteiger partial charge in [-0.2, -0.15) is 5.10 Å². The van der Waals surface area contributed by atoms with Gasteiger partial charge in [0.15, 0.2) is 0 Å². The highest BCUT2D eigenvalue weighted by molar-refractivity contribution is 6.31. The number of hydrogen-bond acceptors (Lipinski definition) is 5. The normalized spacial score (nSPS) is 10.8. The van der Waals surface area contributed by atoms with Crippen LogP contribution in [0.1, 0.15) is 18.3 Å². The Morgan fingerprint density at radius 3 is 2.71 bits per heavy atom. The van der Waals surface area contributed by atoms with Crippen molar-refractivity contribution in [3.05, 3.63) is 53.6 Å². The Hall–Kier alpha value is -2.42. The number of nitro groups is 1. The van der Waals surface area contributed by atoms with E-state index in [0.29, 0.717) is 23.0 Å². The van der Waals surface area contributed by atoms with E-state index in [1.807, 2.05) is 11.9 Å². The van der Waals surface area contributed by atoms with Crippen LogP contribution in [-0.4, -0.2) is 24.3 Å². The van der Waals surface area contributed by atoms with Crippen LogP contribution in [0.15, 0.2) is 15.8 Å². The highest BCUT2D eigenvalue weighted by Gasteiger charge is 2.18. The Morgan fingerprint density at radius 2 is 2.14 bits per heavy atom. The van der Waals surface area contributed by atoms with Crippen molar-refractivity contribution in [3.8, 4) is 0 Å². The number of rotatable bonds is 4. The van der Waals surface area contributed by atoms with Crippen molar-refractivity contribution in [1.29, 1.82) is 0 Å². The predicted octanol–water partition coefficient (Wildman–Crippen LogP) is 0.671. The number of nitrogens with zero attached hydrogens (tertiary/aromatic N) is 4. The Kier molecular flexibility index (Phi) is 3.94. The Bertz CT molecular complexity index is 819. The topological polar surface area (TPSA) is 116 Å². The number of hydrogen-bond donors (Lipinski definition) is 1. The first kappa shape index (κ1) is 15.0. The van der Waals surface area contributed by atoms with E-state index in [2.05, 4.69) is 5.10 Å². The summed E-state index contributed by atoms with van der Waals surface area (Å²) in [6.07, 6.45) is 0.903. The second kappa shape index (κ2) is 5.52. The summed E-state index contributed by atoms with van der Waals surface area (Å²) in [6.45, 7) is 4.08. The molecule has 2 heterocycles. The van der Waals surface area contributed by atoms with Crippen molar-refractivity contribution in [2.45, 2.75) is 26.9 Å². The fourth-order valence-corrected chi connectivity index (χ4v) is 2.12. The SMILES string of the molecule is CCn1nc(C)c(Cl)c1Cn1cc([N+](=O)[O-])c(=O)[nH]c1=O. The molecule has 9 nitrogen and oxygen atoms in total. The van der Waals surface area contributed by atoms with E-state index in [-0.39, 0.29) is 6.54 Å². The molecule has 21 heavy (non-hydrogen) atoms. The summed E-state index contributed by atoms with van der Waals surface area (Å²) in [4.78, 5) is 34.9. The van der Waals surface area contributed by atoms with Gasteiger partial charge in [0.05, 0.1) is 34.1 Å². The number of aromatic amines is 1. The van der Waals surface area contributed by atoms with Crippen LogP contribution in [0.25, 0.3) is 0 Å². The zero-order valence-electron chi connectivity index (χ0n) is 11.3.